The molecule has 3 heteroatoms. The van der Waals surface area contributed by atoms with Crippen LogP contribution in [-0.4, -0.2) is 31.1 Å². The van der Waals surface area contributed by atoms with Crippen LogP contribution in [0.25, 0.3) is 0 Å². The van der Waals surface area contributed by atoms with Crippen molar-refractivity contribution in [3.8, 4) is 0 Å². The van der Waals surface area contributed by atoms with Crippen LogP contribution < -0.4 is 5.32 Å². The molecule has 3 nitrogen and oxygen atoms in total. The number of rotatable bonds is 3. The molecule has 2 heterocycles. The molecule has 1 saturated heterocycles. The fourth-order valence-corrected chi connectivity index (χ4v) is 2.89. The molecule has 16 heavy (non-hydrogen) atoms. The quantitative estimate of drug-likeness (QED) is 0.845. The molecule has 1 aliphatic carbocycles. The molecule has 1 aromatic heterocycles. The summed E-state index contributed by atoms with van der Waals surface area (Å²) in [6, 6.07) is 4.69. The van der Waals surface area contributed by atoms with Gasteiger partial charge in [0.2, 0.25) is 0 Å². The second-order valence-electron chi connectivity index (χ2n) is 4.94. The fraction of sp³-hybridized carbons (Fsp3) is 0.692. The van der Waals surface area contributed by atoms with Crippen molar-refractivity contribution in [2.75, 3.05) is 26.2 Å². The molecule has 2 fully saturated rings. The Bertz CT molecular complexity index is 313. The SMILES string of the molecule is c1coc([C@@H](C2CCC2)N2CCNCC2)c1. The molecule has 1 saturated carbocycles. The average Bonchev–Trinajstić information content (AvgIpc) is 2.77. The highest BCUT2D eigenvalue weighted by Crippen LogP contribution is 2.41. The molecule has 1 aliphatic heterocycles. The Morgan fingerprint density at radius 2 is 2.12 bits per heavy atom. The summed E-state index contributed by atoms with van der Waals surface area (Å²) in [6.07, 6.45) is 5.95. The van der Waals surface area contributed by atoms with E-state index in [1.165, 1.54) is 25.0 Å². The van der Waals surface area contributed by atoms with Crippen LogP contribution in [0.1, 0.15) is 31.1 Å². The summed E-state index contributed by atoms with van der Waals surface area (Å²) in [6.45, 7) is 4.54. The number of nitrogens with one attached hydrogen (secondary N) is 1. The summed E-state index contributed by atoms with van der Waals surface area (Å²) in [5, 5.41) is 3.42. The number of hydrogen-bond acceptors (Lipinski definition) is 3. The van der Waals surface area contributed by atoms with Crippen LogP contribution in [0.15, 0.2) is 22.8 Å². The highest BCUT2D eigenvalue weighted by Gasteiger charge is 2.34. The molecule has 0 spiro atoms. The Labute approximate surface area is 96.8 Å². The van der Waals surface area contributed by atoms with E-state index in [-0.39, 0.29) is 0 Å². The Balaban J connectivity index is 1.77. The Hall–Kier alpha value is -0.800. The van der Waals surface area contributed by atoms with Gasteiger partial charge < -0.3 is 9.73 Å². The topological polar surface area (TPSA) is 28.4 Å². The minimum absolute atomic E-state index is 0.533. The van der Waals surface area contributed by atoms with Gasteiger partial charge in [0.15, 0.2) is 0 Å². The van der Waals surface area contributed by atoms with E-state index in [0.717, 1.165) is 32.1 Å². The Morgan fingerprint density at radius 1 is 1.31 bits per heavy atom. The van der Waals surface area contributed by atoms with Crippen LogP contribution in [-0.2, 0) is 0 Å². The first kappa shape index (κ1) is 10.4. The predicted molar refractivity (Wildman–Crippen MR) is 63.2 cm³/mol. The van der Waals surface area contributed by atoms with Crippen LogP contribution in [0.5, 0.6) is 0 Å². The van der Waals surface area contributed by atoms with Gasteiger partial charge in [0.05, 0.1) is 12.3 Å². The lowest BCUT2D eigenvalue weighted by Crippen LogP contribution is -2.47. The van der Waals surface area contributed by atoms with E-state index in [9.17, 15) is 0 Å². The van der Waals surface area contributed by atoms with Crippen molar-refractivity contribution < 1.29 is 4.42 Å². The van der Waals surface area contributed by atoms with Gasteiger partial charge in [-0.1, -0.05) is 6.42 Å². The molecule has 88 valence electrons. The van der Waals surface area contributed by atoms with E-state index in [0.29, 0.717) is 6.04 Å². The Kier molecular flexibility index (Phi) is 2.98. The van der Waals surface area contributed by atoms with Crippen molar-refractivity contribution in [1.82, 2.24) is 10.2 Å². The zero-order valence-corrected chi connectivity index (χ0v) is 9.69. The molecule has 2 aliphatic rings. The first-order valence-corrected chi connectivity index (χ1v) is 6.43. The molecular formula is C13H20N2O. The molecular weight excluding hydrogens is 200 g/mol. The molecule has 0 bridgehead atoms. The predicted octanol–water partition coefficient (Wildman–Crippen LogP) is 2.03. The van der Waals surface area contributed by atoms with Crippen molar-refractivity contribution >= 4 is 0 Å². The Morgan fingerprint density at radius 3 is 2.69 bits per heavy atom. The summed E-state index contributed by atoms with van der Waals surface area (Å²) in [5.74, 6) is 2.00. The van der Waals surface area contributed by atoms with Gasteiger partial charge >= 0.3 is 0 Å². The van der Waals surface area contributed by atoms with Crippen molar-refractivity contribution in [2.45, 2.75) is 25.3 Å². The van der Waals surface area contributed by atoms with Gasteiger partial charge in [0.25, 0.3) is 0 Å². The maximum atomic E-state index is 5.64. The molecule has 1 N–H and O–H groups in total. The number of piperazine rings is 1. The van der Waals surface area contributed by atoms with Gasteiger partial charge in [-0.25, -0.2) is 0 Å². The monoisotopic (exact) mass is 220 g/mol. The van der Waals surface area contributed by atoms with Crippen LogP contribution >= 0.6 is 0 Å². The van der Waals surface area contributed by atoms with Crippen molar-refractivity contribution in [3.05, 3.63) is 24.2 Å². The van der Waals surface area contributed by atoms with E-state index >= 15 is 0 Å². The maximum Gasteiger partial charge on any atom is 0.121 e. The average molecular weight is 220 g/mol. The molecule has 0 radical (unpaired) electrons. The van der Waals surface area contributed by atoms with Crippen LogP contribution in [0.4, 0.5) is 0 Å². The van der Waals surface area contributed by atoms with E-state index in [1.807, 2.05) is 12.3 Å². The van der Waals surface area contributed by atoms with E-state index in [2.05, 4.69) is 16.3 Å². The molecule has 0 amide bonds. The molecule has 0 aromatic carbocycles. The molecule has 3 rings (SSSR count). The molecule has 1 atom stereocenters. The molecule has 0 unspecified atom stereocenters. The number of nitrogens with zero attached hydrogens (tertiary/aromatic N) is 1. The lowest BCUT2D eigenvalue weighted by Gasteiger charge is -2.41. The van der Waals surface area contributed by atoms with E-state index < -0.39 is 0 Å². The van der Waals surface area contributed by atoms with Crippen molar-refractivity contribution in [3.63, 3.8) is 0 Å². The van der Waals surface area contributed by atoms with Gasteiger partial charge in [-0.05, 0) is 30.9 Å². The maximum absolute atomic E-state index is 5.64. The van der Waals surface area contributed by atoms with Gasteiger partial charge in [0, 0.05) is 26.2 Å². The van der Waals surface area contributed by atoms with E-state index in [4.69, 9.17) is 4.42 Å². The van der Waals surface area contributed by atoms with Gasteiger partial charge in [0.1, 0.15) is 5.76 Å². The first-order chi connectivity index (χ1) is 7.95. The van der Waals surface area contributed by atoms with Crippen LogP contribution in [0, 0.1) is 5.92 Å². The summed E-state index contributed by atoms with van der Waals surface area (Å²) in [4.78, 5) is 2.60. The standard InChI is InChI=1S/C13H20N2O/c1-3-11(4-1)13(12-5-2-10-16-12)15-8-6-14-7-9-15/h2,5,10-11,13-14H,1,3-4,6-9H2/t13-/m1/s1. The smallest absolute Gasteiger partial charge is 0.121 e. The zero-order chi connectivity index (χ0) is 10.8. The third-order valence-corrected chi connectivity index (χ3v) is 3.98. The minimum Gasteiger partial charge on any atom is -0.468 e. The summed E-state index contributed by atoms with van der Waals surface area (Å²) in [5.41, 5.74) is 0. The van der Waals surface area contributed by atoms with Gasteiger partial charge in [-0.15, -0.1) is 0 Å². The van der Waals surface area contributed by atoms with Crippen LogP contribution in [0.2, 0.25) is 0 Å². The van der Waals surface area contributed by atoms with Gasteiger partial charge in [-0.2, -0.15) is 0 Å². The summed E-state index contributed by atoms with van der Waals surface area (Å²) >= 11 is 0. The second kappa shape index (κ2) is 4.60. The molecule has 1 aromatic rings. The highest BCUT2D eigenvalue weighted by atomic mass is 16.3. The lowest BCUT2D eigenvalue weighted by atomic mass is 9.78. The normalized spacial score (nSPS) is 25.2. The third-order valence-electron chi connectivity index (χ3n) is 3.98. The summed E-state index contributed by atoms with van der Waals surface area (Å²) in [7, 11) is 0. The highest BCUT2D eigenvalue weighted by molar-refractivity contribution is 5.08. The van der Waals surface area contributed by atoms with Gasteiger partial charge in [-0.3, -0.25) is 4.90 Å². The summed E-state index contributed by atoms with van der Waals surface area (Å²) < 4.78 is 5.64. The second-order valence-corrected chi connectivity index (χ2v) is 4.94. The lowest BCUT2D eigenvalue weighted by molar-refractivity contribution is 0.0685. The van der Waals surface area contributed by atoms with Crippen LogP contribution in [0.3, 0.4) is 0 Å². The third kappa shape index (κ3) is 1.89. The number of furan rings is 1. The van der Waals surface area contributed by atoms with Crippen molar-refractivity contribution in [1.29, 1.82) is 0 Å². The zero-order valence-electron chi connectivity index (χ0n) is 9.69. The van der Waals surface area contributed by atoms with E-state index in [1.54, 1.807) is 0 Å². The largest absolute Gasteiger partial charge is 0.468 e. The number of hydrogen-bond donors (Lipinski definition) is 1. The minimum atomic E-state index is 0.533. The fourth-order valence-electron chi connectivity index (χ4n) is 2.89. The van der Waals surface area contributed by atoms with Crippen molar-refractivity contribution in [2.24, 2.45) is 5.92 Å². The first-order valence-electron chi connectivity index (χ1n) is 6.43.